The summed E-state index contributed by atoms with van der Waals surface area (Å²) in [6.07, 6.45) is 0. The molecule has 0 unspecified atom stereocenters. The minimum atomic E-state index is -0.827. The number of halogens is 3. The van der Waals surface area contributed by atoms with Crippen LogP contribution in [0.2, 0.25) is 0 Å². The van der Waals surface area contributed by atoms with Crippen LogP contribution in [-0.2, 0) is 0 Å². The zero-order valence-corrected chi connectivity index (χ0v) is 8.18. The predicted molar refractivity (Wildman–Crippen MR) is 56.2 cm³/mol. The Morgan fingerprint density at radius 3 is 2.06 bits per heavy atom. The van der Waals surface area contributed by atoms with Crippen LogP contribution in [-0.4, -0.2) is 0 Å². The molecule has 0 aromatic heterocycles. The molecule has 0 aliphatic heterocycles. The number of nitrogens with two attached hydrogens (primary N) is 1. The second-order valence-corrected chi connectivity index (χ2v) is 3.33. The highest BCUT2D eigenvalue weighted by atomic mass is 19.1. The summed E-state index contributed by atoms with van der Waals surface area (Å²) in [5, 5.41) is 0. The summed E-state index contributed by atoms with van der Waals surface area (Å²) in [4.78, 5) is 0. The maximum Gasteiger partial charge on any atom is 0.156 e. The molecule has 0 saturated carbocycles. The normalized spacial score (nSPS) is 10.4. The van der Waals surface area contributed by atoms with Crippen molar-refractivity contribution >= 4 is 5.69 Å². The van der Waals surface area contributed by atoms with Crippen molar-refractivity contribution in [3.63, 3.8) is 0 Å². The zero-order chi connectivity index (χ0) is 11.7. The first-order chi connectivity index (χ1) is 7.59. The van der Waals surface area contributed by atoms with Crippen LogP contribution in [0, 0.1) is 17.5 Å². The molecule has 4 heteroatoms. The molecule has 0 atom stereocenters. The Bertz CT molecular complexity index is 521. The molecular weight excluding hydrogens is 215 g/mol. The van der Waals surface area contributed by atoms with E-state index in [0.717, 1.165) is 24.3 Å². The molecule has 0 spiro atoms. The van der Waals surface area contributed by atoms with Gasteiger partial charge in [0.15, 0.2) is 5.82 Å². The second kappa shape index (κ2) is 3.89. The molecule has 2 rings (SSSR count). The summed E-state index contributed by atoms with van der Waals surface area (Å²) in [7, 11) is 0. The Morgan fingerprint density at radius 2 is 1.44 bits per heavy atom. The van der Waals surface area contributed by atoms with Gasteiger partial charge in [-0.05, 0) is 29.8 Å². The number of benzene rings is 2. The van der Waals surface area contributed by atoms with Crippen molar-refractivity contribution in [3.05, 3.63) is 53.8 Å². The monoisotopic (exact) mass is 223 g/mol. The molecule has 0 aliphatic carbocycles. The maximum atomic E-state index is 13.6. The molecule has 0 aliphatic rings. The molecule has 2 N–H and O–H groups in total. The smallest absolute Gasteiger partial charge is 0.156 e. The molecule has 2 aromatic carbocycles. The van der Waals surface area contributed by atoms with Gasteiger partial charge in [0, 0.05) is 0 Å². The van der Waals surface area contributed by atoms with Crippen LogP contribution < -0.4 is 5.73 Å². The lowest BCUT2D eigenvalue weighted by atomic mass is 10.0. The van der Waals surface area contributed by atoms with Gasteiger partial charge in [-0.1, -0.05) is 12.1 Å². The van der Waals surface area contributed by atoms with E-state index in [2.05, 4.69) is 0 Å². The lowest BCUT2D eigenvalue weighted by Gasteiger charge is -2.07. The number of anilines is 1. The summed E-state index contributed by atoms with van der Waals surface area (Å²) >= 11 is 0. The molecular formula is C12H8F3N. The largest absolute Gasteiger partial charge is 0.396 e. The number of rotatable bonds is 1. The zero-order valence-electron chi connectivity index (χ0n) is 8.18. The van der Waals surface area contributed by atoms with Gasteiger partial charge in [-0.3, -0.25) is 0 Å². The van der Waals surface area contributed by atoms with E-state index in [1.165, 1.54) is 12.1 Å². The van der Waals surface area contributed by atoms with Gasteiger partial charge in [-0.15, -0.1) is 0 Å². The summed E-state index contributed by atoms with van der Waals surface area (Å²) in [5.41, 5.74) is 5.22. The minimum absolute atomic E-state index is 0.138. The molecule has 0 saturated heterocycles. The van der Waals surface area contributed by atoms with Gasteiger partial charge in [0.2, 0.25) is 0 Å². The molecule has 82 valence electrons. The first-order valence-corrected chi connectivity index (χ1v) is 4.59. The van der Waals surface area contributed by atoms with Gasteiger partial charge in [-0.25, -0.2) is 13.2 Å². The highest BCUT2D eigenvalue weighted by Gasteiger charge is 2.13. The highest BCUT2D eigenvalue weighted by Crippen LogP contribution is 2.29. The van der Waals surface area contributed by atoms with E-state index in [4.69, 9.17) is 5.73 Å². The molecule has 0 fully saturated rings. The van der Waals surface area contributed by atoms with Gasteiger partial charge in [0.25, 0.3) is 0 Å². The first-order valence-electron chi connectivity index (χ1n) is 4.59. The lowest BCUT2D eigenvalue weighted by molar-refractivity contribution is 0.592. The molecule has 0 bridgehead atoms. The van der Waals surface area contributed by atoms with Crippen LogP contribution in [0.15, 0.2) is 36.4 Å². The third kappa shape index (κ3) is 1.74. The van der Waals surface area contributed by atoms with Crippen LogP contribution in [0.5, 0.6) is 0 Å². The van der Waals surface area contributed by atoms with Gasteiger partial charge in [0.1, 0.15) is 11.6 Å². The Hall–Kier alpha value is -1.97. The number of nitrogen functional groups attached to an aromatic ring is 1. The van der Waals surface area contributed by atoms with E-state index in [1.807, 2.05) is 0 Å². The molecule has 1 nitrogen and oxygen atoms in total. The molecule has 16 heavy (non-hydrogen) atoms. The maximum absolute atomic E-state index is 13.6. The van der Waals surface area contributed by atoms with Crippen LogP contribution >= 0.6 is 0 Å². The highest BCUT2D eigenvalue weighted by molar-refractivity contribution is 5.69. The predicted octanol–water partition coefficient (Wildman–Crippen LogP) is 3.35. The van der Waals surface area contributed by atoms with E-state index in [9.17, 15) is 13.2 Å². The number of hydrogen-bond acceptors (Lipinski definition) is 1. The van der Waals surface area contributed by atoms with Gasteiger partial charge < -0.3 is 5.73 Å². The van der Waals surface area contributed by atoms with Crippen LogP contribution in [0.1, 0.15) is 0 Å². The van der Waals surface area contributed by atoms with Crippen LogP contribution in [0.25, 0.3) is 11.1 Å². The molecule has 2 aromatic rings. The average molecular weight is 223 g/mol. The van der Waals surface area contributed by atoms with Crippen molar-refractivity contribution in [2.75, 3.05) is 5.73 Å². The Morgan fingerprint density at radius 1 is 0.812 bits per heavy atom. The Kier molecular flexibility index (Phi) is 2.56. The molecule has 0 amide bonds. The lowest BCUT2D eigenvalue weighted by Crippen LogP contribution is -1.96. The van der Waals surface area contributed by atoms with Crippen molar-refractivity contribution < 1.29 is 13.2 Å². The third-order valence-corrected chi connectivity index (χ3v) is 2.25. The van der Waals surface area contributed by atoms with E-state index < -0.39 is 17.5 Å². The number of hydrogen-bond donors (Lipinski definition) is 1. The van der Waals surface area contributed by atoms with Gasteiger partial charge in [0.05, 0.1) is 11.3 Å². The standard InChI is InChI=1S/C12H8F3N/c13-8-3-1-7(2-4-8)11-9(14)5-6-10(16)12(11)15/h1-6H,16H2. The minimum Gasteiger partial charge on any atom is -0.396 e. The summed E-state index contributed by atoms with van der Waals surface area (Å²) < 4.78 is 39.7. The third-order valence-electron chi connectivity index (χ3n) is 2.25. The van der Waals surface area contributed by atoms with E-state index >= 15 is 0 Å². The summed E-state index contributed by atoms with van der Waals surface area (Å²) in [6, 6.07) is 7.11. The summed E-state index contributed by atoms with van der Waals surface area (Å²) in [5.74, 6) is -2.02. The van der Waals surface area contributed by atoms with Crippen molar-refractivity contribution in [2.45, 2.75) is 0 Å². The Balaban J connectivity index is 2.63. The van der Waals surface area contributed by atoms with E-state index in [-0.39, 0.29) is 16.8 Å². The van der Waals surface area contributed by atoms with Gasteiger partial charge >= 0.3 is 0 Å². The van der Waals surface area contributed by atoms with Crippen molar-refractivity contribution in [2.24, 2.45) is 0 Å². The second-order valence-electron chi connectivity index (χ2n) is 3.33. The van der Waals surface area contributed by atoms with Crippen molar-refractivity contribution in [3.8, 4) is 11.1 Å². The summed E-state index contributed by atoms with van der Waals surface area (Å²) in [6.45, 7) is 0. The van der Waals surface area contributed by atoms with Gasteiger partial charge in [-0.2, -0.15) is 0 Å². The van der Waals surface area contributed by atoms with Crippen LogP contribution in [0.3, 0.4) is 0 Å². The molecule has 0 heterocycles. The fourth-order valence-corrected chi connectivity index (χ4v) is 1.45. The molecule has 0 radical (unpaired) electrons. The van der Waals surface area contributed by atoms with E-state index in [0.29, 0.717) is 0 Å². The first kappa shape index (κ1) is 10.5. The Labute approximate surface area is 90.3 Å². The quantitative estimate of drug-likeness (QED) is 0.737. The van der Waals surface area contributed by atoms with Crippen LogP contribution in [0.4, 0.5) is 18.9 Å². The van der Waals surface area contributed by atoms with E-state index in [1.54, 1.807) is 0 Å². The average Bonchev–Trinajstić information content (AvgIpc) is 2.27. The fourth-order valence-electron chi connectivity index (χ4n) is 1.45. The van der Waals surface area contributed by atoms with Crippen molar-refractivity contribution in [1.82, 2.24) is 0 Å². The van der Waals surface area contributed by atoms with Crippen molar-refractivity contribution in [1.29, 1.82) is 0 Å². The fraction of sp³-hybridized carbons (Fsp3) is 0. The SMILES string of the molecule is Nc1ccc(F)c(-c2ccc(F)cc2)c1F. The topological polar surface area (TPSA) is 26.0 Å².